The number of nitrogens with two attached hydrogens (primary N) is 1. The molecule has 0 bridgehead atoms. The second-order valence-electron chi connectivity index (χ2n) is 4.42. The summed E-state index contributed by atoms with van der Waals surface area (Å²) in [5, 5.41) is 18.2. The smallest absolute Gasteiger partial charge is 0.426 e. The Morgan fingerprint density at radius 1 is 1.53 bits per heavy atom. The molecule has 1 amide bonds. The molecule has 0 aromatic carbocycles. The quantitative estimate of drug-likeness (QED) is 0.524. The van der Waals surface area contributed by atoms with Crippen molar-refractivity contribution in [2.75, 3.05) is 6.54 Å². The zero-order valence-corrected chi connectivity index (χ0v) is 9.26. The van der Waals surface area contributed by atoms with Crippen LogP contribution in [0.3, 0.4) is 0 Å². The summed E-state index contributed by atoms with van der Waals surface area (Å²) in [6.07, 6.45) is 1.44. The average molecular weight is 214 g/mol. The largest absolute Gasteiger partial charge is 0.475 e. The van der Waals surface area contributed by atoms with Crippen molar-refractivity contribution in [1.29, 1.82) is 0 Å². The van der Waals surface area contributed by atoms with E-state index >= 15 is 0 Å². The van der Waals surface area contributed by atoms with E-state index in [0.29, 0.717) is 13.0 Å². The first kappa shape index (κ1) is 12.5. The van der Waals surface area contributed by atoms with Gasteiger partial charge in [0, 0.05) is 6.54 Å². The fourth-order valence-electron chi connectivity index (χ4n) is 1.85. The molecule has 0 saturated carbocycles. The van der Waals surface area contributed by atoms with Crippen LogP contribution in [0.25, 0.3) is 0 Å². The zero-order valence-electron chi connectivity index (χ0n) is 9.26. The van der Waals surface area contributed by atoms with E-state index < -0.39 is 19.1 Å². The molecule has 0 aliphatic carbocycles. The van der Waals surface area contributed by atoms with Crippen molar-refractivity contribution >= 4 is 13.0 Å². The molecular formula is C9H19BN2O3. The molecule has 2 atom stereocenters. The van der Waals surface area contributed by atoms with Crippen LogP contribution in [0.2, 0.25) is 0 Å². The number of carbonyl (C=O) groups excluding carboxylic acids is 1. The van der Waals surface area contributed by atoms with Gasteiger partial charge in [0.25, 0.3) is 0 Å². The third-order valence-corrected chi connectivity index (χ3v) is 2.93. The van der Waals surface area contributed by atoms with Crippen LogP contribution in [-0.4, -0.2) is 46.5 Å². The van der Waals surface area contributed by atoms with E-state index in [2.05, 4.69) is 0 Å². The summed E-state index contributed by atoms with van der Waals surface area (Å²) in [6.45, 7) is 4.33. The molecule has 6 heteroatoms. The summed E-state index contributed by atoms with van der Waals surface area (Å²) in [5.74, 6) is -0.600. The summed E-state index contributed by atoms with van der Waals surface area (Å²) in [6, 6.07) is -0.552. The van der Waals surface area contributed by atoms with E-state index in [0.717, 1.165) is 6.42 Å². The van der Waals surface area contributed by atoms with E-state index in [1.807, 2.05) is 13.8 Å². The third-order valence-electron chi connectivity index (χ3n) is 2.93. The molecule has 1 heterocycles. The van der Waals surface area contributed by atoms with Crippen LogP contribution in [0.15, 0.2) is 0 Å². The molecule has 1 aliphatic heterocycles. The molecule has 0 aromatic heterocycles. The minimum atomic E-state index is -1.46. The van der Waals surface area contributed by atoms with Gasteiger partial charge < -0.3 is 20.7 Å². The van der Waals surface area contributed by atoms with Gasteiger partial charge in [0.15, 0.2) is 0 Å². The molecular weight excluding hydrogens is 195 g/mol. The standard InChI is InChI=1S/C9H19BN2O3/c1-6(2)8(11)9(13)12-5-3-4-7(12)10(14)15/h6-8,14-15H,3-5,11H2,1-2H3/t7-,8+/m1/s1. The Labute approximate surface area is 90.4 Å². The number of hydrogen-bond acceptors (Lipinski definition) is 4. The molecule has 1 aliphatic rings. The van der Waals surface area contributed by atoms with Crippen molar-refractivity contribution in [2.24, 2.45) is 11.7 Å². The lowest BCUT2D eigenvalue weighted by Gasteiger charge is -2.28. The third kappa shape index (κ3) is 2.71. The van der Waals surface area contributed by atoms with E-state index in [1.165, 1.54) is 4.90 Å². The Kier molecular flexibility index (Phi) is 4.13. The van der Waals surface area contributed by atoms with Crippen LogP contribution in [0, 0.1) is 5.92 Å². The summed E-state index contributed by atoms with van der Waals surface area (Å²) < 4.78 is 0. The number of nitrogens with zero attached hydrogens (tertiary/aromatic N) is 1. The fourth-order valence-corrected chi connectivity index (χ4v) is 1.85. The van der Waals surface area contributed by atoms with Gasteiger partial charge in [0.1, 0.15) is 0 Å². The molecule has 5 nitrogen and oxygen atoms in total. The maximum Gasteiger partial charge on any atom is 0.475 e. The van der Waals surface area contributed by atoms with Crippen LogP contribution in [0.5, 0.6) is 0 Å². The molecule has 1 saturated heterocycles. The molecule has 0 radical (unpaired) electrons. The fraction of sp³-hybridized carbons (Fsp3) is 0.889. The molecule has 0 aromatic rings. The van der Waals surface area contributed by atoms with Crippen molar-refractivity contribution in [3.05, 3.63) is 0 Å². The van der Waals surface area contributed by atoms with Crippen LogP contribution >= 0.6 is 0 Å². The molecule has 0 spiro atoms. The number of amides is 1. The van der Waals surface area contributed by atoms with Gasteiger partial charge in [-0.2, -0.15) is 0 Å². The Balaban J connectivity index is 2.66. The highest BCUT2D eigenvalue weighted by atomic mass is 16.4. The Bertz CT molecular complexity index is 235. The van der Waals surface area contributed by atoms with Gasteiger partial charge >= 0.3 is 7.12 Å². The van der Waals surface area contributed by atoms with Gasteiger partial charge in [-0.25, -0.2) is 0 Å². The summed E-state index contributed by atoms with van der Waals surface area (Å²) in [5.41, 5.74) is 5.75. The SMILES string of the molecule is CC(C)[C@H](N)C(=O)N1CCC[C@@H]1B(O)O. The number of hydrogen-bond donors (Lipinski definition) is 3. The van der Waals surface area contributed by atoms with Crippen molar-refractivity contribution in [2.45, 2.75) is 38.7 Å². The normalized spacial score (nSPS) is 23.3. The second kappa shape index (κ2) is 4.96. The van der Waals surface area contributed by atoms with Crippen LogP contribution in [0.4, 0.5) is 0 Å². The van der Waals surface area contributed by atoms with Gasteiger partial charge in [-0.15, -0.1) is 0 Å². The van der Waals surface area contributed by atoms with Gasteiger partial charge in [-0.3, -0.25) is 4.79 Å². The summed E-state index contributed by atoms with van der Waals surface area (Å²) in [4.78, 5) is 13.4. The highest BCUT2D eigenvalue weighted by Gasteiger charge is 2.38. The average Bonchev–Trinajstić information content (AvgIpc) is 2.63. The lowest BCUT2D eigenvalue weighted by Crippen LogP contribution is -2.52. The maximum atomic E-state index is 11.9. The second-order valence-corrected chi connectivity index (χ2v) is 4.42. The van der Waals surface area contributed by atoms with Crippen molar-refractivity contribution in [3.8, 4) is 0 Å². The van der Waals surface area contributed by atoms with Gasteiger partial charge in [-0.05, 0) is 18.8 Å². The molecule has 0 unspecified atom stereocenters. The Morgan fingerprint density at radius 3 is 2.60 bits per heavy atom. The molecule has 15 heavy (non-hydrogen) atoms. The topological polar surface area (TPSA) is 86.8 Å². The highest BCUT2D eigenvalue weighted by Crippen LogP contribution is 2.19. The van der Waals surface area contributed by atoms with Gasteiger partial charge in [-0.1, -0.05) is 13.8 Å². The van der Waals surface area contributed by atoms with Gasteiger partial charge in [0.2, 0.25) is 5.91 Å². The van der Waals surface area contributed by atoms with E-state index in [4.69, 9.17) is 15.8 Å². The Morgan fingerprint density at radius 2 is 2.13 bits per heavy atom. The predicted molar refractivity (Wildman–Crippen MR) is 57.7 cm³/mol. The van der Waals surface area contributed by atoms with E-state index in [-0.39, 0.29) is 11.8 Å². The maximum absolute atomic E-state index is 11.9. The minimum Gasteiger partial charge on any atom is -0.426 e. The van der Waals surface area contributed by atoms with Crippen molar-refractivity contribution in [1.82, 2.24) is 4.90 Å². The first-order chi connectivity index (χ1) is 6.95. The van der Waals surface area contributed by atoms with Crippen molar-refractivity contribution < 1.29 is 14.8 Å². The van der Waals surface area contributed by atoms with Crippen LogP contribution in [0.1, 0.15) is 26.7 Å². The van der Waals surface area contributed by atoms with Crippen LogP contribution in [-0.2, 0) is 4.79 Å². The summed E-state index contributed by atoms with van der Waals surface area (Å²) in [7, 11) is -1.46. The van der Waals surface area contributed by atoms with E-state index in [1.54, 1.807) is 0 Å². The van der Waals surface area contributed by atoms with Crippen LogP contribution < -0.4 is 5.73 Å². The molecule has 86 valence electrons. The molecule has 4 N–H and O–H groups in total. The highest BCUT2D eigenvalue weighted by molar-refractivity contribution is 6.43. The lowest BCUT2D eigenvalue weighted by atomic mass is 9.77. The molecule has 1 fully saturated rings. The first-order valence-corrected chi connectivity index (χ1v) is 5.37. The number of likely N-dealkylation sites (tertiary alicyclic amines) is 1. The summed E-state index contributed by atoms with van der Waals surface area (Å²) >= 11 is 0. The minimum absolute atomic E-state index is 0.0644. The lowest BCUT2D eigenvalue weighted by molar-refractivity contribution is -0.133. The monoisotopic (exact) mass is 214 g/mol. The van der Waals surface area contributed by atoms with Crippen molar-refractivity contribution in [3.63, 3.8) is 0 Å². The van der Waals surface area contributed by atoms with Gasteiger partial charge in [0.05, 0.1) is 12.0 Å². The number of rotatable bonds is 3. The predicted octanol–water partition coefficient (Wildman–Crippen LogP) is -1.03. The van der Waals surface area contributed by atoms with E-state index in [9.17, 15) is 4.79 Å². The number of carbonyl (C=O) groups is 1. The molecule has 1 rings (SSSR count). The first-order valence-electron chi connectivity index (χ1n) is 5.37. The Hall–Kier alpha value is -0.585. The zero-order chi connectivity index (χ0) is 11.6.